The summed E-state index contributed by atoms with van der Waals surface area (Å²) in [7, 11) is 0. The van der Waals surface area contributed by atoms with E-state index in [-0.39, 0.29) is 11.7 Å². The predicted octanol–water partition coefficient (Wildman–Crippen LogP) is 4.23. The largest absolute Gasteiger partial charge is 0.451 e. The molecule has 0 bridgehead atoms. The van der Waals surface area contributed by atoms with E-state index < -0.39 is 0 Å². The van der Waals surface area contributed by atoms with Crippen molar-refractivity contribution in [2.75, 3.05) is 11.1 Å². The summed E-state index contributed by atoms with van der Waals surface area (Å²) >= 11 is 5.85. The molecule has 4 nitrogen and oxygen atoms in total. The van der Waals surface area contributed by atoms with Gasteiger partial charge in [0.2, 0.25) is 0 Å². The maximum Gasteiger partial charge on any atom is 0.291 e. The van der Waals surface area contributed by atoms with Crippen LogP contribution in [0.2, 0.25) is 5.02 Å². The number of nitrogens with two attached hydrogens (primary N) is 1. The highest BCUT2D eigenvalue weighted by Crippen LogP contribution is 2.24. The van der Waals surface area contributed by atoms with Gasteiger partial charge in [-0.1, -0.05) is 23.2 Å². The van der Waals surface area contributed by atoms with Crippen molar-refractivity contribution in [3.05, 3.63) is 58.8 Å². The molecule has 21 heavy (non-hydrogen) atoms. The monoisotopic (exact) mass is 300 g/mol. The number of benzene rings is 2. The minimum atomic E-state index is -0.328. The van der Waals surface area contributed by atoms with Gasteiger partial charge < -0.3 is 15.5 Å². The number of halogens is 1. The van der Waals surface area contributed by atoms with Crippen LogP contribution in [0.25, 0.3) is 11.0 Å². The van der Waals surface area contributed by atoms with Crippen molar-refractivity contribution in [3.8, 4) is 0 Å². The zero-order valence-corrected chi connectivity index (χ0v) is 12.1. The molecule has 3 rings (SSSR count). The van der Waals surface area contributed by atoms with Gasteiger partial charge in [0, 0.05) is 11.1 Å². The number of rotatable bonds is 2. The van der Waals surface area contributed by atoms with Crippen molar-refractivity contribution in [1.29, 1.82) is 0 Å². The third kappa shape index (κ3) is 2.71. The molecule has 0 saturated carbocycles. The Kier molecular flexibility index (Phi) is 3.31. The van der Waals surface area contributed by atoms with Gasteiger partial charge in [0.1, 0.15) is 5.58 Å². The fraction of sp³-hybridized carbons (Fsp3) is 0.0625. The first kappa shape index (κ1) is 13.5. The van der Waals surface area contributed by atoms with E-state index >= 15 is 0 Å². The Morgan fingerprint density at radius 2 is 2.00 bits per heavy atom. The van der Waals surface area contributed by atoms with E-state index in [1.807, 2.05) is 25.1 Å². The number of furan rings is 1. The average molecular weight is 301 g/mol. The molecule has 1 heterocycles. The lowest BCUT2D eigenvalue weighted by Crippen LogP contribution is -2.10. The molecule has 106 valence electrons. The Bertz CT molecular complexity index is 839. The van der Waals surface area contributed by atoms with Gasteiger partial charge in [0.05, 0.1) is 10.7 Å². The molecular formula is C16H13ClN2O2. The van der Waals surface area contributed by atoms with Gasteiger partial charge >= 0.3 is 0 Å². The van der Waals surface area contributed by atoms with Crippen molar-refractivity contribution in [3.63, 3.8) is 0 Å². The van der Waals surface area contributed by atoms with Gasteiger partial charge in [-0.15, -0.1) is 0 Å². The smallest absolute Gasteiger partial charge is 0.291 e. The summed E-state index contributed by atoms with van der Waals surface area (Å²) in [5, 5.41) is 4.08. The second-order valence-corrected chi connectivity index (χ2v) is 5.25. The van der Waals surface area contributed by atoms with Crippen LogP contribution in [0.15, 0.2) is 46.9 Å². The van der Waals surface area contributed by atoms with Crippen molar-refractivity contribution in [2.45, 2.75) is 6.92 Å². The number of amides is 1. The first-order valence-electron chi connectivity index (χ1n) is 6.39. The zero-order chi connectivity index (χ0) is 15.0. The predicted molar refractivity (Wildman–Crippen MR) is 84.8 cm³/mol. The van der Waals surface area contributed by atoms with Crippen molar-refractivity contribution in [2.24, 2.45) is 0 Å². The summed E-state index contributed by atoms with van der Waals surface area (Å²) in [5.74, 6) is -0.0744. The lowest BCUT2D eigenvalue weighted by Gasteiger charge is -2.05. The molecule has 0 aliphatic rings. The molecule has 0 radical (unpaired) electrons. The number of hydrogen-bond donors (Lipinski definition) is 2. The van der Waals surface area contributed by atoms with E-state index in [9.17, 15) is 4.79 Å². The normalized spacial score (nSPS) is 10.8. The first-order valence-corrected chi connectivity index (χ1v) is 6.77. The third-order valence-electron chi connectivity index (χ3n) is 3.15. The van der Waals surface area contributed by atoms with Crippen LogP contribution in [0.1, 0.15) is 16.1 Å². The number of anilines is 2. The fourth-order valence-electron chi connectivity index (χ4n) is 2.09. The number of nitrogen functional groups attached to an aromatic ring is 1. The van der Waals surface area contributed by atoms with Gasteiger partial charge in [-0.3, -0.25) is 4.79 Å². The highest BCUT2D eigenvalue weighted by Gasteiger charge is 2.13. The van der Waals surface area contributed by atoms with E-state index in [2.05, 4.69) is 5.32 Å². The van der Waals surface area contributed by atoms with Crippen molar-refractivity contribution < 1.29 is 9.21 Å². The molecule has 5 heteroatoms. The van der Waals surface area contributed by atoms with E-state index in [0.717, 1.165) is 10.9 Å². The molecule has 0 unspecified atom stereocenters. The third-order valence-corrected chi connectivity index (χ3v) is 3.49. The number of carbonyl (C=O) groups excluding carboxylic acids is 1. The average Bonchev–Trinajstić information content (AvgIpc) is 2.86. The molecule has 0 aliphatic carbocycles. The van der Waals surface area contributed by atoms with E-state index in [1.54, 1.807) is 24.3 Å². The van der Waals surface area contributed by atoms with Gasteiger partial charge in [0.15, 0.2) is 5.76 Å². The zero-order valence-electron chi connectivity index (χ0n) is 11.3. The van der Waals surface area contributed by atoms with Crippen LogP contribution >= 0.6 is 11.6 Å². The second-order valence-electron chi connectivity index (χ2n) is 4.84. The lowest BCUT2D eigenvalue weighted by atomic mass is 10.2. The Morgan fingerprint density at radius 3 is 2.76 bits per heavy atom. The Morgan fingerprint density at radius 1 is 1.19 bits per heavy atom. The Hall–Kier alpha value is -2.46. The Balaban J connectivity index is 1.87. The van der Waals surface area contributed by atoms with Crippen LogP contribution in [-0.4, -0.2) is 5.91 Å². The molecule has 0 atom stereocenters. The van der Waals surface area contributed by atoms with Crippen LogP contribution in [0.5, 0.6) is 0 Å². The summed E-state index contributed by atoms with van der Waals surface area (Å²) in [6.45, 7) is 1.99. The molecule has 2 aromatic carbocycles. The molecule has 1 aromatic heterocycles. The van der Waals surface area contributed by atoms with E-state index in [0.29, 0.717) is 22.0 Å². The van der Waals surface area contributed by atoms with E-state index in [1.165, 1.54) is 0 Å². The number of fused-ring (bicyclic) bond motifs is 1. The number of aryl methyl sites for hydroxylation is 1. The standard InChI is InChI=1S/C16H13ClN2O2/c1-9-2-5-14-10(6-9)7-15(21-14)16(20)19-11-3-4-12(17)13(18)8-11/h2-8H,18H2,1H3,(H,19,20). The fourth-order valence-corrected chi connectivity index (χ4v) is 2.21. The van der Waals surface area contributed by atoms with E-state index in [4.69, 9.17) is 21.8 Å². The molecule has 3 aromatic rings. The van der Waals surface area contributed by atoms with Gasteiger partial charge in [0.25, 0.3) is 5.91 Å². The minimum Gasteiger partial charge on any atom is -0.451 e. The molecule has 3 N–H and O–H groups in total. The number of nitrogens with one attached hydrogen (secondary N) is 1. The highest BCUT2D eigenvalue weighted by atomic mass is 35.5. The SMILES string of the molecule is Cc1ccc2oc(C(=O)Nc3ccc(Cl)c(N)c3)cc2c1. The van der Waals surface area contributed by atoms with Gasteiger partial charge in [-0.25, -0.2) is 0 Å². The maximum absolute atomic E-state index is 12.2. The molecule has 0 aliphatic heterocycles. The molecule has 0 spiro atoms. The second kappa shape index (κ2) is 5.14. The summed E-state index contributed by atoms with van der Waals surface area (Å²) in [5.41, 5.74) is 8.48. The Labute approximate surface area is 126 Å². The van der Waals surface area contributed by atoms with Gasteiger partial charge in [-0.05, 0) is 43.3 Å². The summed E-state index contributed by atoms with van der Waals surface area (Å²) in [6.07, 6.45) is 0. The molecule has 0 saturated heterocycles. The molecule has 0 fully saturated rings. The topological polar surface area (TPSA) is 68.3 Å². The quantitative estimate of drug-likeness (QED) is 0.696. The minimum absolute atomic E-state index is 0.254. The summed E-state index contributed by atoms with van der Waals surface area (Å²) in [6, 6.07) is 12.4. The molecule has 1 amide bonds. The number of carbonyl (C=O) groups is 1. The van der Waals surface area contributed by atoms with Crippen molar-refractivity contribution >= 4 is 39.9 Å². The molecular weight excluding hydrogens is 288 g/mol. The lowest BCUT2D eigenvalue weighted by molar-refractivity contribution is 0.0998. The van der Waals surface area contributed by atoms with Crippen LogP contribution in [0.4, 0.5) is 11.4 Å². The van der Waals surface area contributed by atoms with Crippen LogP contribution in [-0.2, 0) is 0 Å². The number of hydrogen-bond acceptors (Lipinski definition) is 3. The summed E-state index contributed by atoms with van der Waals surface area (Å²) < 4.78 is 5.54. The first-order chi connectivity index (χ1) is 10.0. The van der Waals surface area contributed by atoms with Gasteiger partial charge in [-0.2, -0.15) is 0 Å². The van der Waals surface area contributed by atoms with Crippen LogP contribution < -0.4 is 11.1 Å². The van der Waals surface area contributed by atoms with Crippen LogP contribution in [0, 0.1) is 6.92 Å². The van der Waals surface area contributed by atoms with Crippen LogP contribution in [0.3, 0.4) is 0 Å². The van der Waals surface area contributed by atoms with Crippen molar-refractivity contribution in [1.82, 2.24) is 0 Å². The maximum atomic E-state index is 12.2. The summed E-state index contributed by atoms with van der Waals surface area (Å²) in [4.78, 5) is 12.2. The highest BCUT2D eigenvalue weighted by molar-refractivity contribution is 6.33.